The molecule has 0 saturated carbocycles. The molecule has 0 amide bonds. The fourth-order valence-corrected chi connectivity index (χ4v) is 4.06. The van der Waals surface area contributed by atoms with Crippen LogP contribution in [-0.2, 0) is 6.54 Å². The van der Waals surface area contributed by atoms with Crippen LogP contribution in [0.4, 0.5) is 5.69 Å². The van der Waals surface area contributed by atoms with Gasteiger partial charge in [-0.25, -0.2) is 9.97 Å². The van der Waals surface area contributed by atoms with Gasteiger partial charge in [0.2, 0.25) is 0 Å². The molecule has 0 bridgehead atoms. The molecule has 0 N–H and O–H groups in total. The first kappa shape index (κ1) is 15.4. The van der Waals surface area contributed by atoms with Crippen molar-refractivity contribution >= 4 is 27.4 Å². The zero-order valence-electron chi connectivity index (χ0n) is 13.7. The van der Waals surface area contributed by atoms with E-state index in [-0.39, 0.29) is 0 Å². The number of hydrogen-bond donors (Lipinski definition) is 0. The number of para-hydroxylation sites is 2. The zero-order valence-corrected chi connectivity index (χ0v) is 14.5. The minimum Gasteiger partial charge on any atom is -0.495 e. The SMILES string of the molecule is COc1ccccc1N1CCN(Cc2nc3cccnc3s2)CC1. The van der Waals surface area contributed by atoms with Gasteiger partial charge in [-0.1, -0.05) is 23.5 Å². The Morgan fingerprint density at radius 1 is 1.08 bits per heavy atom. The Morgan fingerprint density at radius 3 is 2.71 bits per heavy atom. The number of piperazine rings is 1. The highest BCUT2D eigenvalue weighted by molar-refractivity contribution is 7.18. The Bertz CT molecular complexity index is 794. The molecule has 1 aromatic carbocycles. The summed E-state index contributed by atoms with van der Waals surface area (Å²) in [5, 5.41) is 1.15. The maximum absolute atomic E-state index is 5.48. The molecule has 0 atom stereocenters. The third-order valence-electron chi connectivity index (χ3n) is 4.37. The van der Waals surface area contributed by atoms with E-state index in [1.807, 2.05) is 30.5 Å². The van der Waals surface area contributed by atoms with Gasteiger partial charge in [-0.3, -0.25) is 4.90 Å². The summed E-state index contributed by atoms with van der Waals surface area (Å²) in [6, 6.07) is 12.2. The normalized spacial score (nSPS) is 15.8. The Hall–Kier alpha value is -2.18. The molecule has 2 aromatic heterocycles. The Kier molecular flexibility index (Phi) is 4.32. The van der Waals surface area contributed by atoms with Gasteiger partial charge in [0.1, 0.15) is 21.1 Å². The van der Waals surface area contributed by atoms with Crippen LogP contribution in [0.25, 0.3) is 10.3 Å². The van der Waals surface area contributed by atoms with Crippen LogP contribution < -0.4 is 9.64 Å². The van der Waals surface area contributed by atoms with Crippen LogP contribution in [0.1, 0.15) is 5.01 Å². The van der Waals surface area contributed by atoms with Gasteiger partial charge < -0.3 is 9.64 Å². The smallest absolute Gasteiger partial charge is 0.143 e. The van der Waals surface area contributed by atoms with E-state index in [2.05, 4.69) is 26.9 Å². The monoisotopic (exact) mass is 340 g/mol. The lowest BCUT2D eigenvalue weighted by molar-refractivity contribution is 0.249. The van der Waals surface area contributed by atoms with Crippen molar-refractivity contribution in [2.75, 3.05) is 38.2 Å². The van der Waals surface area contributed by atoms with E-state index in [1.54, 1.807) is 18.4 Å². The molecule has 0 spiro atoms. The van der Waals surface area contributed by atoms with Crippen molar-refractivity contribution < 1.29 is 4.74 Å². The van der Waals surface area contributed by atoms with Crippen LogP contribution in [-0.4, -0.2) is 48.2 Å². The maximum Gasteiger partial charge on any atom is 0.143 e. The molecule has 24 heavy (non-hydrogen) atoms. The van der Waals surface area contributed by atoms with E-state index in [4.69, 9.17) is 9.72 Å². The van der Waals surface area contributed by atoms with E-state index < -0.39 is 0 Å². The number of benzene rings is 1. The average Bonchev–Trinajstić information content (AvgIpc) is 3.04. The van der Waals surface area contributed by atoms with Gasteiger partial charge in [0, 0.05) is 32.4 Å². The first-order valence-electron chi connectivity index (χ1n) is 8.14. The molecular weight excluding hydrogens is 320 g/mol. The van der Waals surface area contributed by atoms with Crippen molar-refractivity contribution in [3.05, 3.63) is 47.6 Å². The molecule has 1 aliphatic rings. The minimum absolute atomic E-state index is 0.904. The topological polar surface area (TPSA) is 41.5 Å². The van der Waals surface area contributed by atoms with Crippen LogP contribution in [0.5, 0.6) is 5.75 Å². The molecule has 6 heteroatoms. The first-order chi connectivity index (χ1) is 11.8. The van der Waals surface area contributed by atoms with Gasteiger partial charge in [0.15, 0.2) is 0 Å². The number of hydrogen-bond acceptors (Lipinski definition) is 6. The molecule has 0 unspecified atom stereocenters. The summed E-state index contributed by atoms with van der Waals surface area (Å²) in [4.78, 5) is 15.0. The van der Waals surface area contributed by atoms with Gasteiger partial charge in [-0.2, -0.15) is 0 Å². The quantitative estimate of drug-likeness (QED) is 0.730. The van der Waals surface area contributed by atoms with Crippen LogP contribution in [0, 0.1) is 0 Å². The van der Waals surface area contributed by atoms with Crippen molar-refractivity contribution in [2.24, 2.45) is 0 Å². The number of aromatic nitrogens is 2. The highest BCUT2D eigenvalue weighted by atomic mass is 32.1. The molecule has 1 saturated heterocycles. The van der Waals surface area contributed by atoms with Crippen LogP contribution in [0.15, 0.2) is 42.6 Å². The fourth-order valence-electron chi connectivity index (χ4n) is 3.11. The second kappa shape index (κ2) is 6.75. The molecule has 3 heterocycles. The molecule has 4 rings (SSSR count). The van der Waals surface area contributed by atoms with Gasteiger partial charge in [0.05, 0.1) is 19.3 Å². The fraction of sp³-hybridized carbons (Fsp3) is 0.333. The van der Waals surface area contributed by atoms with E-state index in [9.17, 15) is 0 Å². The minimum atomic E-state index is 0.904. The number of pyridine rings is 1. The predicted octanol–water partition coefficient (Wildman–Crippen LogP) is 3.02. The molecule has 0 aliphatic carbocycles. The molecular formula is C18H20N4OS. The molecule has 0 radical (unpaired) electrons. The number of fused-ring (bicyclic) bond motifs is 1. The Morgan fingerprint density at radius 2 is 1.92 bits per heavy atom. The summed E-state index contributed by atoms with van der Waals surface area (Å²) < 4.78 is 5.48. The highest BCUT2D eigenvalue weighted by Gasteiger charge is 2.20. The number of ether oxygens (including phenoxy) is 1. The van der Waals surface area contributed by atoms with Crippen molar-refractivity contribution in [3.63, 3.8) is 0 Å². The number of methoxy groups -OCH3 is 1. The lowest BCUT2D eigenvalue weighted by Crippen LogP contribution is -2.46. The van der Waals surface area contributed by atoms with Crippen LogP contribution >= 0.6 is 11.3 Å². The molecule has 3 aromatic rings. The Balaban J connectivity index is 1.41. The average molecular weight is 340 g/mol. The van der Waals surface area contributed by atoms with Gasteiger partial charge in [0.25, 0.3) is 0 Å². The number of anilines is 1. The summed E-state index contributed by atoms with van der Waals surface area (Å²) in [6.45, 7) is 4.97. The Labute approximate surface area is 145 Å². The summed E-state index contributed by atoms with van der Waals surface area (Å²) >= 11 is 1.70. The van der Waals surface area contributed by atoms with Crippen molar-refractivity contribution in [3.8, 4) is 5.75 Å². The van der Waals surface area contributed by atoms with Crippen LogP contribution in [0.3, 0.4) is 0 Å². The number of nitrogens with zero attached hydrogens (tertiary/aromatic N) is 4. The summed E-state index contributed by atoms with van der Waals surface area (Å²) in [7, 11) is 1.73. The molecule has 5 nitrogen and oxygen atoms in total. The van der Waals surface area contributed by atoms with Crippen molar-refractivity contribution in [1.82, 2.24) is 14.9 Å². The van der Waals surface area contributed by atoms with Gasteiger partial charge in [-0.05, 0) is 24.3 Å². The second-order valence-electron chi connectivity index (χ2n) is 5.87. The summed E-state index contributed by atoms with van der Waals surface area (Å²) in [5.74, 6) is 0.947. The predicted molar refractivity (Wildman–Crippen MR) is 97.9 cm³/mol. The van der Waals surface area contributed by atoms with Crippen molar-refractivity contribution in [2.45, 2.75) is 6.54 Å². The first-order valence-corrected chi connectivity index (χ1v) is 8.96. The third kappa shape index (κ3) is 3.07. The number of rotatable bonds is 4. The zero-order chi connectivity index (χ0) is 16.4. The van der Waals surface area contributed by atoms with Crippen LogP contribution in [0.2, 0.25) is 0 Å². The van der Waals surface area contributed by atoms with E-state index in [0.717, 1.165) is 53.8 Å². The highest BCUT2D eigenvalue weighted by Crippen LogP contribution is 2.29. The molecule has 1 fully saturated rings. The van der Waals surface area contributed by atoms with E-state index >= 15 is 0 Å². The maximum atomic E-state index is 5.48. The molecule has 1 aliphatic heterocycles. The summed E-state index contributed by atoms with van der Waals surface area (Å²) in [6.07, 6.45) is 1.83. The summed E-state index contributed by atoms with van der Waals surface area (Å²) in [5.41, 5.74) is 2.19. The number of thiazole rings is 1. The van der Waals surface area contributed by atoms with Crippen molar-refractivity contribution in [1.29, 1.82) is 0 Å². The largest absolute Gasteiger partial charge is 0.495 e. The lowest BCUT2D eigenvalue weighted by Gasteiger charge is -2.36. The standard InChI is InChI=1S/C18H20N4OS/c1-23-16-7-3-2-6-15(16)22-11-9-21(10-12-22)13-17-20-14-5-4-8-19-18(14)24-17/h2-8H,9-13H2,1H3. The van der Waals surface area contributed by atoms with Gasteiger partial charge >= 0.3 is 0 Å². The van der Waals surface area contributed by atoms with E-state index in [0.29, 0.717) is 0 Å². The molecule has 124 valence electrons. The lowest BCUT2D eigenvalue weighted by atomic mass is 10.2. The van der Waals surface area contributed by atoms with Gasteiger partial charge in [-0.15, -0.1) is 0 Å². The second-order valence-corrected chi connectivity index (χ2v) is 6.93. The third-order valence-corrected chi connectivity index (χ3v) is 5.33. The van der Waals surface area contributed by atoms with E-state index in [1.165, 1.54) is 5.69 Å².